The molecule has 0 spiro atoms. The largest absolute Gasteiger partial charge is 0.493 e. The Balaban J connectivity index is 1.81. The molecule has 12 heteroatoms. The highest BCUT2D eigenvalue weighted by molar-refractivity contribution is 9.10. The lowest BCUT2D eigenvalue weighted by atomic mass is 10.1. The van der Waals surface area contributed by atoms with Crippen LogP contribution in [-0.4, -0.2) is 54.7 Å². The number of urea groups is 1. The monoisotopic (exact) mass is 508 g/mol. The summed E-state index contributed by atoms with van der Waals surface area (Å²) in [7, 11) is 2.58. The number of aliphatic carboxylic acids is 1. The molecular weight excluding hydrogens is 492 g/mol. The number of nitrogens with one attached hydrogen (secondary N) is 1. The molecule has 1 fully saturated rings. The van der Waals surface area contributed by atoms with E-state index in [0.717, 1.165) is 4.90 Å². The fraction of sp³-hybridized carbons (Fsp3) is 0.200. The number of carboxylic acid groups (broad SMARTS) is 1. The first-order valence-corrected chi connectivity index (χ1v) is 9.76. The lowest BCUT2D eigenvalue weighted by Gasteiger charge is -2.12. The molecule has 0 saturated carbocycles. The molecule has 1 aromatic heterocycles. The van der Waals surface area contributed by atoms with Crippen LogP contribution in [-0.2, 0) is 20.9 Å². The van der Waals surface area contributed by atoms with Crippen LogP contribution >= 0.6 is 15.9 Å². The number of carboxylic acids is 1. The second-order valence-corrected chi connectivity index (χ2v) is 7.20. The van der Waals surface area contributed by atoms with Crippen molar-refractivity contribution in [2.75, 3.05) is 20.8 Å². The molecule has 0 aliphatic carbocycles. The molecule has 2 heterocycles. The molecule has 1 aliphatic heterocycles. The Kier molecular flexibility index (Phi) is 6.83. The molecule has 3 amide bonds. The average Bonchev–Trinajstić information content (AvgIpc) is 3.33. The molecule has 11 nitrogen and oxygen atoms in total. The van der Waals surface area contributed by atoms with Gasteiger partial charge >= 0.3 is 18.0 Å². The van der Waals surface area contributed by atoms with Gasteiger partial charge in [0.2, 0.25) is 5.76 Å². The molecule has 2 N–H and O–H groups in total. The fourth-order valence-electron chi connectivity index (χ4n) is 2.77. The van der Waals surface area contributed by atoms with Crippen molar-refractivity contribution in [3.8, 4) is 11.5 Å². The summed E-state index contributed by atoms with van der Waals surface area (Å²) >= 11 is 3.33. The Morgan fingerprint density at radius 3 is 2.62 bits per heavy atom. The minimum atomic E-state index is -1.15. The van der Waals surface area contributed by atoms with Crippen molar-refractivity contribution in [3.05, 3.63) is 51.5 Å². The Hall–Kier alpha value is -3.80. The SMILES string of the molecule is COC(=O)c1ccc(CN2C(=O)N/C(=C\c3cc(OC)c(OCC(=O)O)cc3Br)C2=O)o1. The molecule has 1 aromatic carbocycles. The number of nitrogens with zero attached hydrogens (tertiary/aromatic N) is 1. The molecule has 1 saturated heterocycles. The van der Waals surface area contributed by atoms with Gasteiger partial charge in [-0.05, 0) is 35.9 Å². The van der Waals surface area contributed by atoms with Crippen LogP contribution in [0.15, 0.2) is 38.9 Å². The topological polar surface area (TPSA) is 145 Å². The maximum atomic E-state index is 12.7. The third-order valence-corrected chi connectivity index (χ3v) is 4.95. The summed E-state index contributed by atoms with van der Waals surface area (Å²) in [5, 5.41) is 11.3. The lowest BCUT2D eigenvalue weighted by Crippen LogP contribution is -2.30. The van der Waals surface area contributed by atoms with Crippen molar-refractivity contribution >= 4 is 45.9 Å². The molecule has 168 valence electrons. The fourth-order valence-corrected chi connectivity index (χ4v) is 3.21. The van der Waals surface area contributed by atoms with Gasteiger partial charge in [-0.25, -0.2) is 14.4 Å². The van der Waals surface area contributed by atoms with E-state index in [9.17, 15) is 19.2 Å². The van der Waals surface area contributed by atoms with Crippen LogP contribution in [0, 0.1) is 0 Å². The number of rotatable bonds is 8. The van der Waals surface area contributed by atoms with Crippen LogP contribution in [0.5, 0.6) is 11.5 Å². The summed E-state index contributed by atoms with van der Waals surface area (Å²) in [6.45, 7) is -0.747. The van der Waals surface area contributed by atoms with Crippen LogP contribution in [0.2, 0.25) is 0 Å². The van der Waals surface area contributed by atoms with Crippen molar-refractivity contribution < 1.29 is 42.9 Å². The van der Waals surface area contributed by atoms with E-state index in [4.69, 9.17) is 19.0 Å². The summed E-state index contributed by atoms with van der Waals surface area (Å²) in [5.41, 5.74) is 0.470. The van der Waals surface area contributed by atoms with Crippen molar-refractivity contribution in [2.45, 2.75) is 6.54 Å². The predicted octanol–water partition coefficient (Wildman–Crippen LogP) is 2.39. The maximum Gasteiger partial charge on any atom is 0.373 e. The number of furan rings is 1. The Morgan fingerprint density at radius 1 is 1.22 bits per heavy atom. The maximum absolute atomic E-state index is 12.7. The molecule has 32 heavy (non-hydrogen) atoms. The Bertz CT molecular complexity index is 1120. The van der Waals surface area contributed by atoms with Crippen LogP contribution in [0.3, 0.4) is 0 Å². The highest BCUT2D eigenvalue weighted by Gasteiger charge is 2.34. The summed E-state index contributed by atoms with van der Waals surface area (Å²) in [5.74, 6) is -1.84. The first-order chi connectivity index (χ1) is 15.2. The summed E-state index contributed by atoms with van der Waals surface area (Å²) < 4.78 is 20.7. The minimum absolute atomic E-state index is 0.00305. The number of methoxy groups -OCH3 is 2. The van der Waals surface area contributed by atoms with Gasteiger partial charge in [0.05, 0.1) is 20.8 Å². The normalized spacial score (nSPS) is 14.5. The van der Waals surface area contributed by atoms with Gasteiger partial charge in [0.25, 0.3) is 5.91 Å². The number of hydrogen-bond acceptors (Lipinski definition) is 8. The van der Waals surface area contributed by atoms with E-state index < -0.39 is 30.5 Å². The van der Waals surface area contributed by atoms with E-state index in [-0.39, 0.29) is 35.3 Å². The third kappa shape index (κ3) is 4.91. The van der Waals surface area contributed by atoms with Gasteiger partial charge in [-0.3, -0.25) is 9.69 Å². The van der Waals surface area contributed by atoms with Gasteiger partial charge < -0.3 is 29.1 Å². The lowest BCUT2D eigenvalue weighted by molar-refractivity contribution is -0.139. The number of amides is 3. The number of carbonyl (C=O) groups is 4. The highest BCUT2D eigenvalue weighted by Crippen LogP contribution is 2.35. The first kappa shape index (κ1) is 22.9. The van der Waals surface area contributed by atoms with Crippen LogP contribution in [0.4, 0.5) is 4.79 Å². The number of esters is 1. The molecule has 0 unspecified atom stereocenters. The van der Waals surface area contributed by atoms with Gasteiger partial charge in [-0.15, -0.1) is 0 Å². The number of hydrogen-bond donors (Lipinski definition) is 2. The molecule has 2 aromatic rings. The number of imide groups is 1. The van der Waals surface area contributed by atoms with Crippen molar-refractivity contribution in [1.29, 1.82) is 0 Å². The Morgan fingerprint density at radius 2 is 1.97 bits per heavy atom. The van der Waals surface area contributed by atoms with E-state index in [1.165, 1.54) is 44.6 Å². The smallest absolute Gasteiger partial charge is 0.373 e. The van der Waals surface area contributed by atoms with E-state index in [0.29, 0.717) is 10.0 Å². The second kappa shape index (κ2) is 9.56. The van der Waals surface area contributed by atoms with Crippen molar-refractivity contribution in [2.24, 2.45) is 0 Å². The van der Waals surface area contributed by atoms with Crippen molar-refractivity contribution in [1.82, 2.24) is 10.2 Å². The number of carbonyl (C=O) groups excluding carboxylic acids is 3. The molecular formula is C20H17BrN2O9. The number of benzene rings is 1. The molecule has 1 aliphatic rings. The first-order valence-electron chi connectivity index (χ1n) is 8.97. The number of ether oxygens (including phenoxy) is 3. The molecule has 3 rings (SSSR count). The summed E-state index contributed by atoms with van der Waals surface area (Å²) in [6.07, 6.45) is 1.43. The molecule has 0 atom stereocenters. The second-order valence-electron chi connectivity index (χ2n) is 6.34. The Labute approximate surface area is 189 Å². The molecule has 0 bridgehead atoms. The van der Waals surface area contributed by atoms with E-state index in [1.54, 1.807) is 0 Å². The summed E-state index contributed by atoms with van der Waals surface area (Å²) in [4.78, 5) is 48.2. The minimum Gasteiger partial charge on any atom is -0.493 e. The van der Waals surface area contributed by atoms with Gasteiger partial charge in [0.15, 0.2) is 18.1 Å². The van der Waals surface area contributed by atoms with Crippen LogP contribution in [0.25, 0.3) is 6.08 Å². The van der Waals surface area contributed by atoms with Crippen molar-refractivity contribution in [3.63, 3.8) is 0 Å². The number of halogens is 1. The predicted molar refractivity (Wildman–Crippen MR) is 111 cm³/mol. The third-order valence-electron chi connectivity index (χ3n) is 4.26. The van der Waals surface area contributed by atoms with Crippen LogP contribution in [0.1, 0.15) is 21.9 Å². The van der Waals surface area contributed by atoms with Gasteiger partial charge in [-0.1, -0.05) is 15.9 Å². The zero-order valence-corrected chi connectivity index (χ0v) is 18.4. The molecule has 0 radical (unpaired) electrons. The van der Waals surface area contributed by atoms with Gasteiger partial charge in [-0.2, -0.15) is 0 Å². The summed E-state index contributed by atoms with van der Waals surface area (Å²) in [6, 6.07) is 5.19. The van der Waals surface area contributed by atoms with E-state index >= 15 is 0 Å². The zero-order chi connectivity index (χ0) is 23.4. The zero-order valence-electron chi connectivity index (χ0n) is 16.8. The average molecular weight is 509 g/mol. The van der Waals surface area contributed by atoms with E-state index in [2.05, 4.69) is 26.0 Å². The quantitative estimate of drug-likeness (QED) is 0.311. The van der Waals surface area contributed by atoms with Gasteiger partial charge in [0, 0.05) is 4.47 Å². The van der Waals surface area contributed by atoms with E-state index in [1.807, 2.05) is 0 Å². The highest BCUT2D eigenvalue weighted by atomic mass is 79.9. The van der Waals surface area contributed by atoms with Crippen LogP contribution < -0.4 is 14.8 Å². The standard InChI is InChI=1S/C20H17BrN2O9/c1-29-15-6-10(12(21)7-16(15)31-9-17(24)25)5-13-18(26)23(20(28)22-13)8-11-3-4-14(32-11)19(27)30-2/h3-7H,8-9H2,1-2H3,(H,22,28)(H,24,25)/b13-5-. The van der Waals surface area contributed by atoms with Gasteiger partial charge in [0.1, 0.15) is 11.5 Å².